The van der Waals surface area contributed by atoms with Gasteiger partial charge in [0.1, 0.15) is 11.5 Å². The van der Waals surface area contributed by atoms with E-state index in [4.69, 9.17) is 14.2 Å². The summed E-state index contributed by atoms with van der Waals surface area (Å²) in [5.41, 5.74) is 2.70. The molecular weight excluding hydrogens is 448 g/mol. The van der Waals surface area contributed by atoms with Crippen molar-refractivity contribution in [1.29, 1.82) is 0 Å². The van der Waals surface area contributed by atoms with E-state index in [0.29, 0.717) is 35.7 Å². The van der Waals surface area contributed by atoms with Crippen molar-refractivity contribution in [3.63, 3.8) is 0 Å². The molecule has 0 saturated carbocycles. The fourth-order valence-corrected chi connectivity index (χ4v) is 4.59. The zero-order chi connectivity index (χ0) is 24.8. The Labute approximate surface area is 205 Å². The number of para-hydroxylation sites is 3. The molecule has 9 nitrogen and oxygen atoms in total. The van der Waals surface area contributed by atoms with Gasteiger partial charge in [-0.25, -0.2) is 9.59 Å². The van der Waals surface area contributed by atoms with Gasteiger partial charge in [-0.05, 0) is 25.1 Å². The van der Waals surface area contributed by atoms with Crippen LogP contribution in [0.4, 0.5) is 10.5 Å². The molecule has 0 aliphatic carbocycles. The first-order valence-corrected chi connectivity index (χ1v) is 11.8. The van der Waals surface area contributed by atoms with E-state index in [2.05, 4.69) is 26.5 Å². The summed E-state index contributed by atoms with van der Waals surface area (Å²) in [6.07, 6.45) is 0. The van der Waals surface area contributed by atoms with E-state index in [0.717, 1.165) is 37.6 Å². The van der Waals surface area contributed by atoms with E-state index >= 15 is 0 Å². The number of piperazine rings is 1. The average molecular weight is 481 g/mol. The van der Waals surface area contributed by atoms with Crippen LogP contribution in [0, 0.1) is 0 Å². The van der Waals surface area contributed by atoms with Crippen molar-refractivity contribution in [2.45, 2.75) is 13.0 Å². The Morgan fingerprint density at radius 3 is 2.37 bits per heavy atom. The third-order valence-corrected chi connectivity index (χ3v) is 6.27. The maximum atomic E-state index is 12.9. The van der Waals surface area contributed by atoms with Crippen LogP contribution in [0.1, 0.15) is 18.5 Å². The lowest BCUT2D eigenvalue weighted by Crippen LogP contribution is -2.51. The van der Waals surface area contributed by atoms with Crippen LogP contribution < -0.4 is 25.0 Å². The average Bonchev–Trinajstić information content (AvgIpc) is 2.89. The van der Waals surface area contributed by atoms with E-state index in [9.17, 15) is 9.59 Å². The van der Waals surface area contributed by atoms with Crippen molar-refractivity contribution >= 4 is 17.7 Å². The quantitative estimate of drug-likeness (QED) is 0.562. The maximum absolute atomic E-state index is 12.9. The van der Waals surface area contributed by atoms with Crippen LogP contribution in [0.25, 0.3) is 0 Å². The van der Waals surface area contributed by atoms with Crippen molar-refractivity contribution in [3.05, 3.63) is 65.4 Å². The Morgan fingerprint density at radius 2 is 1.69 bits per heavy atom. The Morgan fingerprint density at radius 1 is 1.00 bits per heavy atom. The minimum Gasteiger partial charge on any atom is -0.495 e. The zero-order valence-electron chi connectivity index (χ0n) is 20.4. The number of carbonyl (C=O) groups excluding carboxylic acids is 2. The lowest BCUT2D eigenvalue weighted by atomic mass is 9.94. The first kappa shape index (κ1) is 24.4. The van der Waals surface area contributed by atoms with Gasteiger partial charge in [-0.3, -0.25) is 4.90 Å². The Hall–Kier alpha value is -3.72. The summed E-state index contributed by atoms with van der Waals surface area (Å²) >= 11 is 0. The molecule has 1 fully saturated rings. The Balaban J connectivity index is 1.57. The predicted octanol–water partition coefficient (Wildman–Crippen LogP) is 2.70. The largest absolute Gasteiger partial charge is 0.495 e. The number of carbonyl (C=O) groups is 2. The Bertz CT molecular complexity index is 1090. The van der Waals surface area contributed by atoms with Gasteiger partial charge >= 0.3 is 12.0 Å². The van der Waals surface area contributed by atoms with Gasteiger partial charge in [0.05, 0.1) is 38.1 Å². The van der Waals surface area contributed by atoms with Gasteiger partial charge < -0.3 is 29.7 Å². The fourth-order valence-electron chi connectivity index (χ4n) is 4.59. The lowest BCUT2D eigenvalue weighted by Gasteiger charge is -2.38. The molecule has 1 atom stereocenters. The molecular formula is C26H32N4O5. The number of urea groups is 1. The highest BCUT2D eigenvalue weighted by atomic mass is 16.5. The number of esters is 1. The summed E-state index contributed by atoms with van der Waals surface area (Å²) in [5, 5.41) is 5.73. The first-order chi connectivity index (χ1) is 17.0. The van der Waals surface area contributed by atoms with Gasteiger partial charge in [-0.1, -0.05) is 30.3 Å². The van der Waals surface area contributed by atoms with Gasteiger partial charge in [0.15, 0.2) is 0 Å². The minimum atomic E-state index is -0.677. The maximum Gasteiger partial charge on any atom is 0.338 e. The molecule has 1 saturated heterocycles. The van der Waals surface area contributed by atoms with Crippen LogP contribution in [-0.2, 0) is 9.53 Å². The van der Waals surface area contributed by atoms with Crippen LogP contribution in [0.2, 0.25) is 0 Å². The molecule has 9 heteroatoms. The van der Waals surface area contributed by atoms with Gasteiger partial charge in [0, 0.05) is 44.0 Å². The zero-order valence-corrected chi connectivity index (χ0v) is 20.4. The topological polar surface area (TPSA) is 92.4 Å². The number of nitrogens with zero attached hydrogens (tertiary/aromatic N) is 2. The summed E-state index contributed by atoms with van der Waals surface area (Å²) in [5.74, 6) is 0.975. The first-order valence-electron chi connectivity index (χ1n) is 11.8. The molecule has 2 aliphatic heterocycles. The second kappa shape index (κ2) is 11.1. The van der Waals surface area contributed by atoms with E-state index in [-0.39, 0.29) is 6.03 Å². The standard InChI is InChI=1S/C26H32N4O5/c1-4-35-21-11-7-5-9-18(21)24-23(25(31)34-3)19(27-26(32)28-24)17-29-13-15-30(16-14-29)20-10-6-8-12-22(20)33-2/h5-12,24H,4,13-17H2,1-3H3,(H2,27,28,32). The SMILES string of the molecule is CCOc1ccccc1C1NC(=O)NC(CN2CCN(c3ccccc3OC)CC2)=C1C(=O)OC. The van der Waals surface area contributed by atoms with Gasteiger partial charge in [-0.2, -0.15) is 0 Å². The van der Waals surface area contributed by atoms with Crippen molar-refractivity contribution in [2.75, 3.05) is 58.5 Å². The number of anilines is 1. The minimum absolute atomic E-state index is 0.364. The highest BCUT2D eigenvalue weighted by Crippen LogP contribution is 2.34. The van der Waals surface area contributed by atoms with Crippen molar-refractivity contribution < 1.29 is 23.8 Å². The van der Waals surface area contributed by atoms with E-state index in [1.165, 1.54) is 7.11 Å². The molecule has 2 amide bonds. The molecule has 2 aliphatic rings. The summed E-state index contributed by atoms with van der Waals surface area (Å²) in [7, 11) is 3.02. The van der Waals surface area contributed by atoms with Crippen LogP contribution in [0.15, 0.2) is 59.8 Å². The third-order valence-electron chi connectivity index (χ3n) is 6.27. The van der Waals surface area contributed by atoms with Crippen LogP contribution in [0.5, 0.6) is 11.5 Å². The van der Waals surface area contributed by atoms with E-state index in [1.807, 2.05) is 49.4 Å². The number of methoxy groups -OCH3 is 2. The lowest BCUT2D eigenvalue weighted by molar-refractivity contribution is -0.136. The summed E-state index contributed by atoms with van der Waals surface area (Å²) < 4.78 is 16.4. The number of rotatable bonds is 8. The monoisotopic (exact) mass is 480 g/mol. The van der Waals surface area contributed by atoms with Crippen LogP contribution in [-0.4, -0.2) is 70.5 Å². The molecule has 0 aromatic heterocycles. The number of amides is 2. The molecule has 2 aromatic rings. The molecule has 186 valence electrons. The summed E-state index contributed by atoms with van der Waals surface area (Å²) in [6, 6.07) is 14.3. The van der Waals surface area contributed by atoms with Crippen molar-refractivity contribution in [2.24, 2.45) is 0 Å². The van der Waals surface area contributed by atoms with Crippen molar-refractivity contribution in [3.8, 4) is 11.5 Å². The molecule has 0 radical (unpaired) electrons. The molecule has 35 heavy (non-hydrogen) atoms. The number of benzene rings is 2. The number of ether oxygens (including phenoxy) is 3. The highest BCUT2D eigenvalue weighted by molar-refractivity contribution is 5.95. The van der Waals surface area contributed by atoms with Crippen molar-refractivity contribution in [1.82, 2.24) is 15.5 Å². The van der Waals surface area contributed by atoms with Crippen LogP contribution in [0.3, 0.4) is 0 Å². The predicted molar refractivity (Wildman–Crippen MR) is 133 cm³/mol. The van der Waals surface area contributed by atoms with Gasteiger partial charge in [0.2, 0.25) is 0 Å². The van der Waals surface area contributed by atoms with Gasteiger partial charge in [-0.15, -0.1) is 0 Å². The third kappa shape index (κ3) is 5.35. The summed E-state index contributed by atoms with van der Waals surface area (Å²) in [4.78, 5) is 30.1. The normalized spacial score (nSPS) is 18.5. The molecule has 0 bridgehead atoms. The number of nitrogens with one attached hydrogen (secondary N) is 2. The smallest absolute Gasteiger partial charge is 0.338 e. The number of hydrogen-bond acceptors (Lipinski definition) is 7. The van der Waals surface area contributed by atoms with E-state index < -0.39 is 12.0 Å². The molecule has 2 heterocycles. The second-order valence-corrected chi connectivity index (χ2v) is 8.32. The van der Waals surface area contributed by atoms with Crippen LogP contribution >= 0.6 is 0 Å². The summed E-state index contributed by atoms with van der Waals surface area (Å²) in [6.45, 7) is 5.90. The molecule has 2 N–H and O–H groups in total. The van der Waals surface area contributed by atoms with E-state index in [1.54, 1.807) is 7.11 Å². The highest BCUT2D eigenvalue weighted by Gasteiger charge is 2.36. The molecule has 1 unspecified atom stereocenters. The second-order valence-electron chi connectivity index (χ2n) is 8.32. The Kier molecular flexibility index (Phi) is 7.77. The number of hydrogen-bond donors (Lipinski definition) is 2. The molecule has 4 rings (SSSR count). The van der Waals surface area contributed by atoms with Gasteiger partial charge in [0.25, 0.3) is 0 Å². The molecule has 2 aromatic carbocycles. The molecule has 0 spiro atoms. The fraction of sp³-hybridized carbons (Fsp3) is 0.385.